The number of hydrogen-bond donors (Lipinski definition) is 1. The van der Waals surface area contributed by atoms with E-state index in [1.54, 1.807) is 12.1 Å². The third-order valence-corrected chi connectivity index (χ3v) is 3.34. The molecule has 1 amide bonds. The summed E-state index contributed by atoms with van der Waals surface area (Å²) < 4.78 is 5.55. The second kappa shape index (κ2) is 7.39. The number of alkyl halides is 1. The van der Waals surface area contributed by atoms with Crippen LogP contribution < -0.4 is 10.1 Å². The van der Waals surface area contributed by atoms with E-state index in [-0.39, 0.29) is 5.91 Å². The van der Waals surface area contributed by atoms with E-state index in [2.05, 4.69) is 12.2 Å². The van der Waals surface area contributed by atoms with Gasteiger partial charge in [0.2, 0.25) is 0 Å². The lowest BCUT2D eigenvalue weighted by Gasteiger charge is -2.23. The zero-order chi connectivity index (χ0) is 14.3. The molecular formula is C15H22ClNO2. The second-order valence-electron chi connectivity index (χ2n) is 5.20. The number of unbranched alkanes of at least 4 members (excludes halogenated alkanes) is 1. The maximum Gasteiger partial charge on any atom is 0.251 e. The smallest absolute Gasteiger partial charge is 0.251 e. The van der Waals surface area contributed by atoms with Gasteiger partial charge < -0.3 is 10.1 Å². The van der Waals surface area contributed by atoms with Crippen LogP contribution in [0.25, 0.3) is 0 Å². The molecule has 0 bridgehead atoms. The van der Waals surface area contributed by atoms with E-state index in [9.17, 15) is 4.79 Å². The minimum absolute atomic E-state index is 0.120. The predicted octanol–water partition coefficient (Wildman–Crippen LogP) is 3.61. The summed E-state index contributed by atoms with van der Waals surface area (Å²) >= 11 is 5.79. The SMILES string of the molecule is CCCCOc1ccc(C(=O)NC(C)(C)CCl)cc1. The first-order valence-electron chi connectivity index (χ1n) is 6.60. The highest BCUT2D eigenvalue weighted by atomic mass is 35.5. The van der Waals surface area contributed by atoms with E-state index >= 15 is 0 Å². The normalized spacial score (nSPS) is 11.2. The van der Waals surface area contributed by atoms with Gasteiger partial charge in [-0.05, 0) is 44.5 Å². The van der Waals surface area contributed by atoms with E-state index in [4.69, 9.17) is 16.3 Å². The highest BCUT2D eigenvalue weighted by molar-refractivity contribution is 6.18. The van der Waals surface area contributed by atoms with Gasteiger partial charge in [-0.1, -0.05) is 13.3 Å². The van der Waals surface area contributed by atoms with Crippen molar-refractivity contribution in [1.82, 2.24) is 5.32 Å². The third-order valence-electron chi connectivity index (χ3n) is 2.67. The van der Waals surface area contributed by atoms with Crippen molar-refractivity contribution in [3.05, 3.63) is 29.8 Å². The molecule has 0 spiro atoms. The van der Waals surface area contributed by atoms with Crippen LogP contribution in [0, 0.1) is 0 Å². The predicted molar refractivity (Wildman–Crippen MR) is 79.1 cm³/mol. The molecule has 0 fully saturated rings. The molecule has 3 nitrogen and oxygen atoms in total. The van der Waals surface area contributed by atoms with Crippen LogP contribution in [0.2, 0.25) is 0 Å². The van der Waals surface area contributed by atoms with Crippen molar-refractivity contribution in [1.29, 1.82) is 0 Å². The Labute approximate surface area is 120 Å². The van der Waals surface area contributed by atoms with Crippen LogP contribution in [-0.4, -0.2) is 23.9 Å². The average molecular weight is 284 g/mol. The molecule has 0 heterocycles. The maximum absolute atomic E-state index is 12.0. The van der Waals surface area contributed by atoms with Gasteiger partial charge in [0.1, 0.15) is 5.75 Å². The molecule has 0 saturated carbocycles. The van der Waals surface area contributed by atoms with Crippen molar-refractivity contribution >= 4 is 17.5 Å². The fourth-order valence-electron chi connectivity index (χ4n) is 1.45. The number of hydrogen-bond acceptors (Lipinski definition) is 2. The van der Waals surface area contributed by atoms with Crippen LogP contribution in [0.3, 0.4) is 0 Å². The Balaban J connectivity index is 2.58. The van der Waals surface area contributed by atoms with Crippen molar-refractivity contribution in [2.45, 2.75) is 39.2 Å². The molecule has 0 aliphatic carbocycles. The quantitative estimate of drug-likeness (QED) is 0.613. The zero-order valence-electron chi connectivity index (χ0n) is 11.8. The fourth-order valence-corrected chi connectivity index (χ4v) is 1.52. The van der Waals surface area contributed by atoms with Gasteiger partial charge in [0.15, 0.2) is 0 Å². The van der Waals surface area contributed by atoms with Gasteiger partial charge in [0.25, 0.3) is 5.91 Å². The molecule has 106 valence electrons. The summed E-state index contributed by atoms with van der Waals surface area (Å²) in [6.07, 6.45) is 2.14. The number of halogens is 1. The van der Waals surface area contributed by atoms with E-state index in [0.29, 0.717) is 18.1 Å². The van der Waals surface area contributed by atoms with Crippen LogP contribution in [0.15, 0.2) is 24.3 Å². The molecule has 19 heavy (non-hydrogen) atoms. The van der Waals surface area contributed by atoms with Crippen molar-refractivity contribution in [3.63, 3.8) is 0 Å². The highest BCUT2D eigenvalue weighted by Gasteiger charge is 2.19. The number of carbonyl (C=O) groups excluding carboxylic acids is 1. The van der Waals surface area contributed by atoms with Gasteiger partial charge in [-0.3, -0.25) is 4.79 Å². The van der Waals surface area contributed by atoms with Crippen molar-refractivity contribution in [2.75, 3.05) is 12.5 Å². The van der Waals surface area contributed by atoms with Crippen LogP contribution in [0.1, 0.15) is 44.0 Å². The Morgan fingerprint density at radius 3 is 2.47 bits per heavy atom. The molecule has 1 aromatic carbocycles. The molecular weight excluding hydrogens is 262 g/mol. The topological polar surface area (TPSA) is 38.3 Å². The molecule has 0 aliphatic heterocycles. The molecule has 0 aromatic heterocycles. The minimum atomic E-state index is -0.408. The fraction of sp³-hybridized carbons (Fsp3) is 0.533. The van der Waals surface area contributed by atoms with Gasteiger partial charge in [0, 0.05) is 17.0 Å². The number of nitrogens with one attached hydrogen (secondary N) is 1. The number of benzene rings is 1. The first-order chi connectivity index (χ1) is 8.98. The molecule has 1 aromatic rings. The number of amides is 1. The maximum atomic E-state index is 12.0. The van der Waals surface area contributed by atoms with Crippen LogP contribution in [0.5, 0.6) is 5.75 Å². The third kappa shape index (κ3) is 5.52. The second-order valence-corrected chi connectivity index (χ2v) is 5.47. The van der Waals surface area contributed by atoms with Gasteiger partial charge in [-0.25, -0.2) is 0 Å². The summed E-state index contributed by atoms with van der Waals surface area (Å²) in [6, 6.07) is 7.17. The molecule has 0 radical (unpaired) electrons. The molecule has 1 N–H and O–H groups in total. The van der Waals surface area contributed by atoms with E-state index in [1.165, 1.54) is 0 Å². The summed E-state index contributed by atoms with van der Waals surface area (Å²) in [7, 11) is 0. The van der Waals surface area contributed by atoms with Gasteiger partial charge in [-0.15, -0.1) is 11.6 Å². The van der Waals surface area contributed by atoms with Crippen molar-refractivity contribution in [3.8, 4) is 5.75 Å². The Hall–Kier alpha value is -1.22. The van der Waals surface area contributed by atoms with Crippen LogP contribution in [-0.2, 0) is 0 Å². The van der Waals surface area contributed by atoms with E-state index in [1.807, 2.05) is 26.0 Å². The molecule has 0 aliphatic rings. The average Bonchev–Trinajstić information content (AvgIpc) is 2.39. The van der Waals surface area contributed by atoms with Gasteiger partial charge in [0.05, 0.1) is 6.61 Å². The standard InChI is InChI=1S/C15H22ClNO2/c1-4-5-10-19-13-8-6-12(7-9-13)14(18)17-15(2,3)11-16/h6-9H,4-5,10-11H2,1-3H3,(H,17,18). The Kier molecular flexibility index (Phi) is 6.16. The number of ether oxygens (including phenoxy) is 1. The molecule has 0 atom stereocenters. The minimum Gasteiger partial charge on any atom is -0.494 e. The van der Waals surface area contributed by atoms with Crippen LogP contribution >= 0.6 is 11.6 Å². The molecule has 0 unspecified atom stereocenters. The first-order valence-corrected chi connectivity index (χ1v) is 7.13. The van der Waals surface area contributed by atoms with Crippen molar-refractivity contribution in [2.24, 2.45) is 0 Å². The summed E-state index contributed by atoms with van der Waals surface area (Å²) in [5.74, 6) is 1.05. The largest absolute Gasteiger partial charge is 0.494 e. The Bertz CT molecular complexity index is 401. The Morgan fingerprint density at radius 2 is 1.95 bits per heavy atom. The first kappa shape index (κ1) is 15.8. The summed E-state index contributed by atoms with van der Waals surface area (Å²) in [5, 5.41) is 2.88. The lowest BCUT2D eigenvalue weighted by atomic mass is 10.1. The van der Waals surface area contributed by atoms with E-state index in [0.717, 1.165) is 18.6 Å². The monoisotopic (exact) mass is 283 g/mol. The highest BCUT2D eigenvalue weighted by Crippen LogP contribution is 2.14. The van der Waals surface area contributed by atoms with Gasteiger partial charge >= 0.3 is 0 Å². The van der Waals surface area contributed by atoms with Crippen molar-refractivity contribution < 1.29 is 9.53 Å². The number of carbonyl (C=O) groups is 1. The number of rotatable bonds is 7. The molecule has 4 heteroatoms. The summed E-state index contributed by atoms with van der Waals surface area (Å²) in [6.45, 7) is 6.61. The van der Waals surface area contributed by atoms with E-state index < -0.39 is 5.54 Å². The lowest BCUT2D eigenvalue weighted by Crippen LogP contribution is -2.44. The van der Waals surface area contributed by atoms with Gasteiger partial charge in [-0.2, -0.15) is 0 Å². The summed E-state index contributed by atoms with van der Waals surface area (Å²) in [5.41, 5.74) is 0.204. The Morgan fingerprint density at radius 1 is 1.32 bits per heavy atom. The zero-order valence-corrected chi connectivity index (χ0v) is 12.6. The molecule has 0 saturated heterocycles. The molecule has 1 rings (SSSR count). The van der Waals surface area contributed by atoms with Crippen LogP contribution in [0.4, 0.5) is 0 Å². The summed E-state index contributed by atoms with van der Waals surface area (Å²) in [4.78, 5) is 12.0. The lowest BCUT2D eigenvalue weighted by molar-refractivity contribution is 0.0920.